The lowest BCUT2D eigenvalue weighted by molar-refractivity contribution is -0.159. The van der Waals surface area contributed by atoms with E-state index < -0.39 is 11.9 Å². The molecule has 0 unspecified atom stereocenters. The van der Waals surface area contributed by atoms with Gasteiger partial charge in [0.15, 0.2) is 0 Å². The average molecular weight is 356 g/mol. The summed E-state index contributed by atoms with van der Waals surface area (Å²) in [5, 5.41) is 23.2. The van der Waals surface area contributed by atoms with Crippen molar-refractivity contribution in [3.05, 3.63) is 22.4 Å². The van der Waals surface area contributed by atoms with Crippen molar-refractivity contribution in [1.29, 1.82) is 0 Å². The third-order valence-electron chi connectivity index (χ3n) is 3.63. The van der Waals surface area contributed by atoms with E-state index >= 15 is 0 Å². The molecule has 134 valence electrons. The topological polar surface area (TPSA) is 116 Å². The molecule has 4 N–H and O–H groups in total. The van der Waals surface area contributed by atoms with E-state index in [9.17, 15) is 4.79 Å². The second-order valence-corrected chi connectivity index (χ2v) is 6.43. The Morgan fingerprint density at radius 1 is 1.04 bits per heavy atom. The van der Waals surface area contributed by atoms with Gasteiger partial charge in [0.05, 0.1) is 4.88 Å². The summed E-state index contributed by atoms with van der Waals surface area (Å²) in [6.45, 7) is 1.59. The van der Waals surface area contributed by atoms with Crippen LogP contribution >= 0.6 is 11.3 Å². The number of hydrogen-bond donors (Lipinski definition) is 4. The fourth-order valence-corrected chi connectivity index (χ4v) is 3.07. The minimum absolute atomic E-state index is 0.0488. The van der Waals surface area contributed by atoms with E-state index in [1.807, 2.05) is 17.5 Å². The molecule has 1 aliphatic carbocycles. The number of hydrogen-bond acceptors (Lipinski definition) is 5. The van der Waals surface area contributed by atoms with Crippen molar-refractivity contribution in [2.75, 3.05) is 13.1 Å². The first kappa shape index (κ1) is 20.1. The molecule has 0 saturated heterocycles. The Kier molecular flexibility index (Phi) is 9.71. The van der Waals surface area contributed by atoms with E-state index in [1.165, 1.54) is 49.9 Å². The standard InChI is InChI=1S/C14H22N2OS.C2H2O4/c17-14(13-8-5-11-18-13)16-10-9-15-12-6-3-1-2-4-7-12;3-1(4)2(5)6/h5,8,11-12,15H,1-4,6-7,9-10H2,(H,16,17);(H,3,4)(H,5,6). The van der Waals surface area contributed by atoms with E-state index in [0.29, 0.717) is 12.6 Å². The minimum atomic E-state index is -1.82. The van der Waals surface area contributed by atoms with Crippen LogP contribution in [0.5, 0.6) is 0 Å². The van der Waals surface area contributed by atoms with Crippen molar-refractivity contribution < 1.29 is 24.6 Å². The predicted molar refractivity (Wildman–Crippen MR) is 91.4 cm³/mol. The van der Waals surface area contributed by atoms with Crippen LogP contribution in [-0.2, 0) is 9.59 Å². The molecule has 1 aromatic heterocycles. The molecule has 8 heteroatoms. The number of carboxylic acid groups (broad SMARTS) is 2. The monoisotopic (exact) mass is 356 g/mol. The molecule has 0 bridgehead atoms. The van der Waals surface area contributed by atoms with Gasteiger partial charge in [0.25, 0.3) is 5.91 Å². The van der Waals surface area contributed by atoms with Gasteiger partial charge in [-0.15, -0.1) is 11.3 Å². The van der Waals surface area contributed by atoms with E-state index in [0.717, 1.165) is 11.4 Å². The first-order valence-electron chi connectivity index (χ1n) is 8.02. The second kappa shape index (κ2) is 11.6. The number of nitrogens with one attached hydrogen (secondary N) is 2. The summed E-state index contributed by atoms with van der Waals surface area (Å²) in [6, 6.07) is 4.42. The van der Waals surface area contributed by atoms with Crippen molar-refractivity contribution in [1.82, 2.24) is 10.6 Å². The SMILES string of the molecule is O=C(NCCNC1CCCCCC1)c1cccs1.O=C(O)C(=O)O. The molecule has 0 atom stereocenters. The number of carbonyl (C=O) groups is 3. The Labute approximate surface area is 145 Å². The molecule has 0 spiro atoms. The van der Waals surface area contributed by atoms with Gasteiger partial charge >= 0.3 is 11.9 Å². The number of carboxylic acids is 2. The predicted octanol–water partition coefficient (Wildman–Crippen LogP) is 1.95. The highest BCUT2D eigenvalue weighted by Gasteiger charge is 2.11. The zero-order valence-corrected chi connectivity index (χ0v) is 14.3. The largest absolute Gasteiger partial charge is 0.473 e. The van der Waals surface area contributed by atoms with Gasteiger partial charge in [-0.25, -0.2) is 9.59 Å². The minimum Gasteiger partial charge on any atom is -0.473 e. The number of amides is 1. The zero-order valence-electron chi connectivity index (χ0n) is 13.5. The quantitative estimate of drug-likeness (QED) is 0.364. The van der Waals surface area contributed by atoms with Gasteiger partial charge in [0.2, 0.25) is 0 Å². The summed E-state index contributed by atoms with van der Waals surface area (Å²) < 4.78 is 0. The first-order chi connectivity index (χ1) is 11.5. The molecule has 1 aliphatic rings. The molecule has 1 heterocycles. The maximum absolute atomic E-state index is 11.7. The molecular formula is C16H24N2O5S. The van der Waals surface area contributed by atoms with Crippen molar-refractivity contribution in [2.24, 2.45) is 0 Å². The van der Waals surface area contributed by atoms with E-state index in [2.05, 4.69) is 10.6 Å². The molecule has 0 aliphatic heterocycles. The Balaban J connectivity index is 0.000000413. The molecule has 1 amide bonds. The van der Waals surface area contributed by atoms with Gasteiger partial charge in [-0.1, -0.05) is 31.7 Å². The lowest BCUT2D eigenvalue weighted by Crippen LogP contribution is -2.36. The number of rotatable bonds is 5. The molecule has 2 rings (SSSR count). The van der Waals surface area contributed by atoms with Gasteiger partial charge in [0, 0.05) is 19.1 Å². The fourth-order valence-electron chi connectivity index (χ4n) is 2.43. The van der Waals surface area contributed by atoms with Crippen LogP contribution in [0.3, 0.4) is 0 Å². The van der Waals surface area contributed by atoms with Crippen LogP contribution in [-0.4, -0.2) is 47.2 Å². The van der Waals surface area contributed by atoms with E-state index in [4.69, 9.17) is 19.8 Å². The Morgan fingerprint density at radius 3 is 2.17 bits per heavy atom. The summed E-state index contributed by atoms with van der Waals surface area (Å²) in [7, 11) is 0. The van der Waals surface area contributed by atoms with Gasteiger partial charge in [0.1, 0.15) is 0 Å². The van der Waals surface area contributed by atoms with Gasteiger partial charge < -0.3 is 20.8 Å². The second-order valence-electron chi connectivity index (χ2n) is 5.49. The van der Waals surface area contributed by atoms with Crippen LogP contribution in [0.25, 0.3) is 0 Å². The molecule has 0 radical (unpaired) electrons. The third-order valence-corrected chi connectivity index (χ3v) is 4.50. The number of carbonyl (C=O) groups excluding carboxylic acids is 1. The van der Waals surface area contributed by atoms with Crippen molar-refractivity contribution >= 4 is 29.2 Å². The maximum Gasteiger partial charge on any atom is 0.414 e. The molecule has 1 aromatic rings. The van der Waals surface area contributed by atoms with Crippen molar-refractivity contribution in [3.63, 3.8) is 0 Å². The van der Waals surface area contributed by atoms with Gasteiger partial charge in [-0.3, -0.25) is 4.79 Å². The van der Waals surface area contributed by atoms with Crippen LogP contribution in [0.4, 0.5) is 0 Å². The van der Waals surface area contributed by atoms with Gasteiger partial charge in [-0.05, 0) is 24.3 Å². The number of thiophene rings is 1. The van der Waals surface area contributed by atoms with E-state index in [1.54, 1.807) is 0 Å². The summed E-state index contributed by atoms with van der Waals surface area (Å²) in [5.74, 6) is -3.60. The highest BCUT2D eigenvalue weighted by molar-refractivity contribution is 7.12. The molecule has 1 fully saturated rings. The van der Waals surface area contributed by atoms with Gasteiger partial charge in [-0.2, -0.15) is 0 Å². The summed E-state index contributed by atoms with van der Waals surface area (Å²) in [4.78, 5) is 30.7. The zero-order chi connectivity index (χ0) is 17.8. The van der Waals surface area contributed by atoms with Crippen LogP contribution < -0.4 is 10.6 Å². The Morgan fingerprint density at radius 2 is 1.67 bits per heavy atom. The summed E-state index contributed by atoms with van der Waals surface area (Å²) >= 11 is 1.49. The van der Waals surface area contributed by atoms with E-state index in [-0.39, 0.29) is 5.91 Å². The van der Waals surface area contributed by atoms with Crippen LogP contribution in [0.15, 0.2) is 17.5 Å². The first-order valence-corrected chi connectivity index (χ1v) is 8.90. The highest BCUT2D eigenvalue weighted by Crippen LogP contribution is 2.16. The smallest absolute Gasteiger partial charge is 0.414 e. The summed E-state index contributed by atoms with van der Waals surface area (Å²) in [6.07, 6.45) is 8.04. The number of aliphatic carboxylic acids is 2. The molecular weight excluding hydrogens is 332 g/mol. The normalized spacial score (nSPS) is 14.8. The molecule has 1 saturated carbocycles. The summed E-state index contributed by atoms with van der Waals surface area (Å²) in [5.41, 5.74) is 0. The molecule has 24 heavy (non-hydrogen) atoms. The van der Waals surface area contributed by atoms with Crippen molar-refractivity contribution in [3.8, 4) is 0 Å². The van der Waals surface area contributed by atoms with Crippen LogP contribution in [0.1, 0.15) is 48.2 Å². The van der Waals surface area contributed by atoms with Crippen LogP contribution in [0.2, 0.25) is 0 Å². The highest BCUT2D eigenvalue weighted by atomic mass is 32.1. The Bertz CT molecular complexity index is 499. The lowest BCUT2D eigenvalue weighted by Gasteiger charge is -2.16. The fraction of sp³-hybridized carbons (Fsp3) is 0.562. The molecule has 0 aromatic carbocycles. The maximum atomic E-state index is 11.7. The van der Waals surface area contributed by atoms with Crippen LogP contribution in [0, 0.1) is 0 Å². The average Bonchev–Trinajstić information content (AvgIpc) is 2.97. The molecule has 7 nitrogen and oxygen atoms in total. The Hall–Kier alpha value is -1.93. The lowest BCUT2D eigenvalue weighted by atomic mass is 10.1. The van der Waals surface area contributed by atoms with Crippen molar-refractivity contribution in [2.45, 2.75) is 44.6 Å². The third kappa shape index (κ3) is 8.64.